The first-order valence-corrected chi connectivity index (χ1v) is 8.98. The molecule has 0 fully saturated rings. The van der Waals surface area contributed by atoms with Crippen molar-refractivity contribution in [1.29, 1.82) is 0 Å². The molecule has 26 heavy (non-hydrogen) atoms. The molecule has 4 aromatic rings. The smallest absolute Gasteiger partial charge is 0.150 e. The summed E-state index contributed by atoms with van der Waals surface area (Å²) in [6.45, 7) is 0. The Morgan fingerprint density at radius 2 is 1.96 bits per heavy atom. The number of carbonyl (C=O) groups excluding carboxylic acids is 1. The third-order valence-corrected chi connectivity index (χ3v) is 5.61. The van der Waals surface area contributed by atoms with Crippen LogP contribution in [0.4, 0.5) is 0 Å². The van der Waals surface area contributed by atoms with Crippen LogP contribution < -0.4 is 0 Å². The average Bonchev–Trinajstić information content (AvgIpc) is 3.33. The van der Waals surface area contributed by atoms with Crippen LogP contribution in [-0.2, 0) is 0 Å². The minimum Gasteiger partial charge on any atom is -0.298 e. The predicted molar refractivity (Wildman–Crippen MR) is 106 cm³/mol. The van der Waals surface area contributed by atoms with E-state index in [4.69, 9.17) is 0 Å². The third-order valence-electron chi connectivity index (χ3n) is 4.48. The monoisotopic (exact) mass is 352 g/mol. The number of rotatable bonds is 3. The van der Waals surface area contributed by atoms with Crippen LogP contribution in [0, 0.1) is 0 Å². The van der Waals surface area contributed by atoms with Gasteiger partial charge in [0.25, 0.3) is 0 Å². The Morgan fingerprint density at radius 3 is 2.85 bits per heavy atom. The standard InChI is InChI=1S/C22H12N2OS/c25-13-14-4-3-6-15(8-14)17-9-18-12-23-24-22(18)19(10-17)21-11-16-5-1-2-7-20(16)26-21/h3-13H,(H,23,24). The fourth-order valence-electron chi connectivity index (χ4n) is 3.21. The van der Waals surface area contributed by atoms with Gasteiger partial charge < -0.3 is 0 Å². The van der Waals surface area contributed by atoms with Crippen molar-refractivity contribution in [3.05, 3.63) is 76.1 Å². The summed E-state index contributed by atoms with van der Waals surface area (Å²) in [5.41, 5.74) is 12.0. The summed E-state index contributed by atoms with van der Waals surface area (Å²) in [6.07, 6.45) is 6.63. The van der Waals surface area contributed by atoms with Gasteiger partial charge in [0.1, 0.15) is 6.29 Å². The van der Waals surface area contributed by atoms with Gasteiger partial charge in [0.15, 0.2) is 0 Å². The maximum absolute atomic E-state index is 11.1. The molecular formula is C22H12N2OS. The Hall–Kier alpha value is -3.42. The lowest BCUT2D eigenvalue weighted by Crippen LogP contribution is -1.85. The van der Waals surface area contributed by atoms with Gasteiger partial charge in [-0.3, -0.25) is 9.89 Å². The van der Waals surface area contributed by atoms with Gasteiger partial charge in [-0.2, -0.15) is 5.10 Å². The lowest BCUT2D eigenvalue weighted by atomic mass is 9.98. The number of aromatic amines is 1. The molecule has 0 radical (unpaired) electrons. The highest BCUT2D eigenvalue weighted by molar-refractivity contribution is 7.16. The van der Waals surface area contributed by atoms with Gasteiger partial charge in [-0.15, -0.1) is 11.3 Å². The van der Waals surface area contributed by atoms with Gasteiger partial charge in [0, 0.05) is 37.9 Å². The van der Waals surface area contributed by atoms with Crippen LogP contribution in [0.3, 0.4) is 0 Å². The normalized spacial score (nSPS) is 11.8. The van der Waals surface area contributed by atoms with Crippen molar-refractivity contribution in [3.8, 4) is 21.6 Å². The number of hydrogen-bond donors (Lipinski definition) is 1. The molecule has 0 saturated heterocycles. The first-order valence-electron chi connectivity index (χ1n) is 8.16. The molecule has 2 aromatic carbocycles. The number of fused-ring (bicyclic) bond motifs is 2. The predicted octanol–water partition coefficient (Wildman–Crippen LogP) is 5.56. The molecule has 5 rings (SSSR count). The van der Waals surface area contributed by atoms with E-state index in [0.717, 1.165) is 44.3 Å². The Kier molecular flexibility index (Phi) is 3.34. The van der Waals surface area contributed by atoms with Crippen molar-refractivity contribution in [2.24, 2.45) is 0 Å². The molecule has 0 atom stereocenters. The molecule has 0 saturated carbocycles. The van der Waals surface area contributed by atoms with E-state index in [0.29, 0.717) is 5.56 Å². The van der Waals surface area contributed by atoms with Crippen molar-refractivity contribution in [3.63, 3.8) is 0 Å². The number of nitrogens with zero attached hydrogens (tertiary/aromatic N) is 1. The first-order chi connectivity index (χ1) is 12.8. The maximum Gasteiger partial charge on any atom is 0.150 e. The highest BCUT2D eigenvalue weighted by Gasteiger charge is 2.14. The molecular weight excluding hydrogens is 340 g/mol. The number of aldehydes is 1. The summed E-state index contributed by atoms with van der Waals surface area (Å²) in [5, 5.41) is 8.38. The van der Waals surface area contributed by atoms with Gasteiger partial charge >= 0.3 is 0 Å². The van der Waals surface area contributed by atoms with E-state index in [9.17, 15) is 4.79 Å². The second kappa shape index (κ2) is 5.83. The van der Waals surface area contributed by atoms with Gasteiger partial charge in [-0.1, -0.05) is 29.7 Å². The lowest BCUT2D eigenvalue weighted by Gasteiger charge is -2.07. The zero-order valence-electron chi connectivity index (χ0n) is 13.6. The summed E-state index contributed by atoms with van der Waals surface area (Å²) >= 11 is 1.72. The van der Waals surface area contributed by atoms with E-state index < -0.39 is 0 Å². The molecule has 2 heterocycles. The number of aromatic nitrogens is 2. The topological polar surface area (TPSA) is 45.8 Å². The van der Waals surface area contributed by atoms with E-state index in [-0.39, 0.29) is 0 Å². The van der Waals surface area contributed by atoms with Crippen LogP contribution in [0.2, 0.25) is 0 Å². The molecule has 1 aliphatic rings. The summed E-state index contributed by atoms with van der Waals surface area (Å²) in [4.78, 5) is 13.5. The molecule has 0 amide bonds. The summed E-state index contributed by atoms with van der Waals surface area (Å²) < 4.78 is 0. The van der Waals surface area contributed by atoms with Crippen molar-refractivity contribution in [2.45, 2.75) is 0 Å². The second-order valence-corrected chi connectivity index (χ2v) is 7.19. The minimum atomic E-state index is 0.671. The Labute approximate surface area is 153 Å². The zero-order valence-corrected chi connectivity index (χ0v) is 14.4. The first kappa shape index (κ1) is 14.9. The van der Waals surface area contributed by atoms with Crippen molar-refractivity contribution in [2.75, 3.05) is 0 Å². The molecule has 0 unspecified atom stereocenters. The molecule has 3 nitrogen and oxygen atoms in total. The summed E-state index contributed by atoms with van der Waals surface area (Å²) in [5.74, 6) is 0. The van der Waals surface area contributed by atoms with Crippen molar-refractivity contribution in [1.82, 2.24) is 10.2 Å². The van der Waals surface area contributed by atoms with Gasteiger partial charge in [-0.25, -0.2) is 0 Å². The van der Waals surface area contributed by atoms with E-state index in [2.05, 4.69) is 39.9 Å². The summed E-state index contributed by atoms with van der Waals surface area (Å²) in [6, 6.07) is 14.1. The summed E-state index contributed by atoms with van der Waals surface area (Å²) in [7, 11) is 0. The van der Waals surface area contributed by atoms with Gasteiger partial charge in [-0.05, 0) is 41.5 Å². The minimum absolute atomic E-state index is 0.671. The van der Waals surface area contributed by atoms with Crippen LogP contribution in [-0.4, -0.2) is 16.5 Å². The molecule has 4 heteroatoms. The largest absolute Gasteiger partial charge is 0.298 e. The van der Waals surface area contributed by atoms with Crippen LogP contribution in [0.5, 0.6) is 0 Å². The zero-order chi connectivity index (χ0) is 17.5. The maximum atomic E-state index is 11.1. The fourth-order valence-corrected chi connectivity index (χ4v) is 4.26. The Bertz CT molecular complexity index is 1250. The average molecular weight is 352 g/mol. The van der Waals surface area contributed by atoms with E-state index in [1.54, 1.807) is 11.3 Å². The molecule has 2 aromatic heterocycles. The van der Waals surface area contributed by atoms with Crippen LogP contribution in [0.1, 0.15) is 20.8 Å². The molecule has 122 valence electrons. The number of nitrogens with one attached hydrogen (secondary N) is 1. The number of hydrogen-bond acceptors (Lipinski definition) is 3. The second-order valence-electron chi connectivity index (χ2n) is 6.11. The van der Waals surface area contributed by atoms with Crippen LogP contribution in [0.15, 0.2) is 60.1 Å². The Morgan fingerprint density at radius 1 is 1.04 bits per heavy atom. The highest BCUT2D eigenvalue weighted by atomic mass is 32.1. The van der Waals surface area contributed by atoms with E-state index in [1.807, 2.05) is 42.6 Å². The van der Waals surface area contributed by atoms with Crippen molar-refractivity contribution < 1.29 is 4.79 Å². The number of carbonyl (C=O) groups is 1. The quantitative estimate of drug-likeness (QED) is 0.341. The lowest BCUT2D eigenvalue weighted by molar-refractivity contribution is 0.112. The SMILES string of the molecule is O=Cc1cccc(-c2cc(-c3cc4c(s3)C=C=C=C4)c3[nH]ncc3c2)c1. The molecule has 1 aliphatic carbocycles. The van der Waals surface area contributed by atoms with Crippen LogP contribution in [0.25, 0.3) is 44.6 Å². The fraction of sp³-hybridized carbons (Fsp3) is 0. The van der Waals surface area contributed by atoms with Gasteiger partial charge in [0.2, 0.25) is 0 Å². The molecule has 0 bridgehead atoms. The highest BCUT2D eigenvalue weighted by Crippen LogP contribution is 2.39. The number of thiophene rings is 1. The van der Waals surface area contributed by atoms with E-state index in [1.165, 1.54) is 4.88 Å². The Balaban J connectivity index is 1.73. The van der Waals surface area contributed by atoms with Gasteiger partial charge in [0.05, 0.1) is 11.7 Å². The molecule has 0 spiro atoms. The number of H-pyrrole nitrogens is 1. The van der Waals surface area contributed by atoms with Crippen LogP contribution >= 0.6 is 11.3 Å². The number of benzene rings is 2. The van der Waals surface area contributed by atoms with Crippen molar-refractivity contribution >= 4 is 40.7 Å². The third kappa shape index (κ3) is 2.38. The molecule has 0 aliphatic heterocycles. The molecule has 1 N–H and O–H groups in total. The van der Waals surface area contributed by atoms with E-state index >= 15 is 0 Å².